The maximum absolute atomic E-state index is 12.6. The maximum Gasteiger partial charge on any atom is 0.190 e. The van der Waals surface area contributed by atoms with Gasteiger partial charge < -0.3 is 4.90 Å². The molecule has 20 heavy (non-hydrogen) atoms. The Labute approximate surface area is 119 Å². The van der Waals surface area contributed by atoms with Crippen LogP contribution in [0.1, 0.15) is 29.3 Å². The molecule has 0 heterocycles. The van der Waals surface area contributed by atoms with E-state index in [9.17, 15) is 4.79 Å². The second-order valence-electron chi connectivity index (χ2n) is 5.49. The van der Waals surface area contributed by atoms with Crippen LogP contribution in [0.4, 0.5) is 0 Å². The quantitative estimate of drug-likeness (QED) is 0.839. The minimum Gasteiger partial charge on any atom is -0.302 e. The first-order valence-electron chi connectivity index (χ1n) is 7.16. The van der Waals surface area contributed by atoms with Gasteiger partial charge in [0, 0.05) is 23.1 Å². The average molecular weight is 265 g/mol. The molecule has 0 atom stereocenters. The first-order chi connectivity index (χ1) is 9.70. The Morgan fingerprint density at radius 3 is 2.60 bits per heavy atom. The molecule has 2 heteroatoms. The second kappa shape index (κ2) is 5.22. The SMILES string of the molecule is CCCN(C)CC1=Cc2cccc3cccc(c23)C1=O. The molecule has 0 radical (unpaired) electrons. The van der Waals surface area contributed by atoms with Gasteiger partial charge in [-0.1, -0.05) is 43.3 Å². The molecule has 2 nitrogen and oxygen atoms in total. The molecule has 0 aliphatic heterocycles. The van der Waals surface area contributed by atoms with Crippen molar-refractivity contribution in [2.45, 2.75) is 13.3 Å². The molecule has 102 valence electrons. The van der Waals surface area contributed by atoms with Gasteiger partial charge >= 0.3 is 0 Å². The molecule has 2 aromatic rings. The normalized spacial score (nSPS) is 13.9. The summed E-state index contributed by atoms with van der Waals surface area (Å²) in [6, 6.07) is 12.2. The van der Waals surface area contributed by atoms with Crippen molar-refractivity contribution in [3.8, 4) is 0 Å². The van der Waals surface area contributed by atoms with Crippen molar-refractivity contribution in [1.29, 1.82) is 0 Å². The summed E-state index contributed by atoms with van der Waals surface area (Å²) in [7, 11) is 2.07. The number of carbonyl (C=O) groups excluding carboxylic acids is 1. The average Bonchev–Trinajstić information content (AvgIpc) is 2.44. The van der Waals surface area contributed by atoms with Gasteiger partial charge in [-0.2, -0.15) is 0 Å². The number of carbonyl (C=O) groups is 1. The van der Waals surface area contributed by atoms with Crippen LogP contribution in [-0.2, 0) is 0 Å². The van der Waals surface area contributed by atoms with E-state index < -0.39 is 0 Å². The molecule has 0 bridgehead atoms. The predicted molar refractivity (Wildman–Crippen MR) is 84.0 cm³/mol. The monoisotopic (exact) mass is 265 g/mol. The molecule has 0 saturated carbocycles. The number of benzene rings is 2. The molecule has 0 spiro atoms. The summed E-state index contributed by atoms with van der Waals surface area (Å²) in [5, 5.41) is 2.24. The minimum absolute atomic E-state index is 0.178. The van der Waals surface area contributed by atoms with E-state index in [1.165, 1.54) is 0 Å². The zero-order chi connectivity index (χ0) is 14.1. The predicted octanol–water partition coefficient (Wildman–Crippen LogP) is 3.76. The third-order valence-electron chi connectivity index (χ3n) is 3.85. The molecule has 0 aromatic heterocycles. The van der Waals surface area contributed by atoms with E-state index in [0.717, 1.165) is 47.0 Å². The van der Waals surface area contributed by atoms with Gasteiger partial charge in [-0.05, 0) is 37.0 Å². The number of Topliss-reactive ketones (excluding diaryl/α,β-unsaturated/α-hetero) is 1. The van der Waals surface area contributed by atoms with Crippen LogP contribution in [0.3, 0.4) is 0 Å². The van der Waals surface area contributed by atoms with Gasteiger partial charge in [-0.3, -0.25) is 4.79 Å². The Balaban J connectivity index is 2.06. The largest absolute Gasteiger partial charge is 0.302 e. The van der Waals surface area contributed by atoms with E-state index in [4.69, 9.17) is 0 Å². The molecular weight excluding hydrogens is 246 g/mol. The summed E-state index contributed by atoms with van der Waals surface area (Å²) < 4.78 is 0. The van der Waals surface area contributed by atoms with Crippen molar-refractivity contribution in [3.05, 3.63) is 53.1 Å². The van der Waals surface area contributed by atoms with Gasteiger partial charge in [-0.25, -0.2) is 0 Å². The lowest BCUT2D eigenvalue weighted by molar-refractivity contribution is 0.102. The lowest BCUT2D eigenvalue weighted by Crippen LogP contribution is -2.26. The summed E-state index contributed by atoms with van der Waals surface area (Å²) >= 11 is 0. The van der Waals surface area contributed by atoms with E-state index in [0.29, 0.717) is 0 Å². The molecule has 0 amide bonds. The highest BCUT2D eigenvalue weighted by Gasteiger charge is 2.21. The van der Waals surface area contributed by atoms with Crippen LogP contribution in [-0.4, -0.2) is 30.8 Å². The molecule has 1 aliphatic carbocycles. The first-order valence-corrected chi connectivity index (χ1v) is 7.16. The molecule has 0 N–H and O–H groups in total. The molecular formula is C18H19NO. The molecule has 0 saturated heterocycles. The smallest absolute Gasteiger partial charge is 0.190 e. The van der Waals surface area contributed by atoms with Crippen LogP contribution in [0.5, 0.6) is 0 Å². The Bertz CT molecular complexity index is 694. The number of ketones is 1. The van der Waals surface area contributed by atoms with Crippen LogP contribution in [0.25, 0.3) is 16.8 Å². The van der Waals surface area contributed by atoms with Gasteiger partial charge in [0.15, 0.2) is 5.78 Å². The van der Waals surface area contributed by atoms with Crippen molar-refractivity contribution >= 4 is 22.6 Å². The standard InChI is InChI=1S/C18H19NO/c1-3-10-19(2)12-15-11-14-8-4-6-13-7-5-9-16(17(13)14)18(15)20/h4-9,11H,3,10,12H2,1-2H3. The first kappa shape index (κ1) is 13.1. The van der Waals surface area contributed by atoms with E-state index in [-0.39, 0.29) is 5.78 Å². The van der Waals surface area contributed by atoms with E-state index >= 15 is 0 Å². The molecule has 0 fully saturated rings. The van der Waals surface area contributed by atoms with E-state index in [1.807, 2.05) is 12.1 Å². The van der Waals surface area contributed by atoms with Gasteiger partial charge in [0.05, 0.1) is 0 Å². The topological polar surface area (TPSA) is 20.3 Å². The van der Waals surface area contributed by atoms with Crippen LogP contribution in [0.2, 0.25) is 0 Å². The van der Waals surface area contributed by atoms with Crippen molar-refractivity contribution in [2.24, 2.45) is 0 Å². The van der Waals surface area contributed by atoms with Crippen molar-refractivity contribution < 1.29 is 4.79 Å². The van der Waals surface area contributed by atoms with Gasteiger partial charge in [0.1, 0.15) is 0 Å². The Kier molecular flexibility index (Phi) is 3.41. The van der Waals surface area contributed by atoms with Gasteiger partial charge in [0.25, 0.3) is 0 Å². The van der Waals surface area contributed by atoms with Crippen LogP contribution in [0.15, 0.2) is 42.0 Å². The summed E-state index contributed by atoms with van der Waals surface area (Å²) in [6.45, 7) is 3.89. The number of hydrogen-bond acceptors (Lipinski definition) is 2. The highest BCUT2D eigenvalue weighted by atomic mass is 16.1. The van der Waals surface area contributed by atoms with E-state index in [1.54, 1.807) is 0 Å². The number of hydrogen-bond donors (Lipinski definition) is 0. The third-order valence-corrected chi connectivity index (χ3v) is 3.85. The highest BCUT2D eigenvalue weighted by molar-refractivity contribution is 6.22. The second-order valence-corrected chi connectivity index (χ2v) is 5.49. The summed E-state index contributed by atoms with van der Waals surface area (Å²) in [6.07, 6.45) is 3.16. The molecule has 0 unspecified atom stereocenters. The fourth-order valence-corrected chi connectivity index (χ4v) is 2.97. The van der Waals surface area contributed by atoms with Crippen molar-refractivity contribution in [1.82, 2.24) is 4.90 Å². The molecule has 1 aliphatic rings. The summed E-state index contributed by atoms with van der Waals surface area (Å²) in [5.74, 6) is 0.178. The number of nitrogens with zero attached hydrogens (tertiary/aromatic N) is 1. The van der Waals surface area contributed by atoms with Crippen molar-refractivity contribution in [3.63, 3.8) is 0 Å². The van der Waals surface area contributed by atoms with Crippen LogP contribution >= 0.6 is 0 Å². The van der Waals surface area contributed by atoms with E-state index in [2.05, 4.69) is 49.2 Å². The Morgan fingerprint density at radius 1 is 1.10 bits per heavy atom. The summed E-state index contributed by atoms with van der Waals surface area (Å²) in [4.78, 5) is 14.9. The minimum atomic E-state index is 0.178. The van der Waals surface area contributed by atoms with Gasteiger partial charge in [0.2, 0.25) is 0 Å². The third kappa shape index (κ3) is 2.16. The summed E-state index contributed by atoms with van der Waals surface area (Å²) in [5.41, 5.74) is 2.91. The molecule has 2 aromatic carbocycles. The number of rotatable bonds is 4. The van der Waals surface area contributed by atoms with Crippen molar-refractivity contribution in [2.75, 3.05) is 20.1 Å². The Hall–Kier alpha value is -1.93. The molecule has 3 rings (SSSR count). The Morgan fingerprint density at radius 2 is 1.85 bits per heavy atom. The van der Waals surface area contributed by atoms with Crippen LogP contribution in [0, 0.1) is 0 Å². The lowest BCUT2D eigenvalue weighted by atomic mass is 9.88. The zero-order valence-electron chi connectivity index (χ0n) is 12.0. The lowest BCUT2D eigenvalue weighted by Gasteiger charge is -2.21. The maximum atomic E-state index is 12.6. The fraction of sp³-hybridized carbons (Fsp3) is 0.278. The highest BCUT2D eigenvalue weighted by Crippen LogP contribution is 2.31. The fourth-order valence-electron chi connectivity index (χ4n) is 2.97. The van der Waals surface area contributed by atoms with Gasteiger partial charge in [-0.15, -0.1) is 0 Å². The zero-order valence-corrected chi connectivity index (χ0v) is 12.0. The van der Waals surface area contributed by atoms with Crippen LogP contribution < -0.4 is 0 Å². The number of likely N-dealkylation sites (N-methyl/N-ethyl adjacent to an activating group) is 1.